The monoisotopic (exact) mass is 321 g/mol. The molecular weight excluding hydrogens is 294 g/mol. The van der Waals surface area contributed by atoms with Gasteiger partial charge in [0.2, 0.25) is 5.91 Å². The Kier molecular flexibility index (Phi) is 5.41. The minimum atomic E-state index is -4.14. The standard InChI is InChI=1S/C13H27N3O4S/c1-12(2,3)16-8-6-15(7-9-16)11(17)13(4,5)14-10-21(18,19)20/h14H,6-10H2,1-5H3,(H,18,19,20). The molecule has 0 aromatic rings. The molecule has 0 atom stereocenters. The molecule has 0 aliphatic carbocycles. The highest BCUT2D eigenvalue weighted by atomic mass is 32.2. The van der Waals surface area contributed by atoms with E-state index in [1.54, 1.807) is 18.7 Å². The maximum Gasteiger partial charge on any atom is 0.278 e. The van der Waals surface area contributed by atoms with E-state index >= 15 is 0 Å². The minimum Gasteiger partial charge on any atom is -0.339 e. The molecule has 1 aliphatic rings. The molecule has 0 saturated carbocycles. The van der Waals surface area contributed by atoms with E-state index in [1.165, 1.54) is 0 Å². The Balaban J connectivity index is 2.60. The SMILES string of the molecule is CC(C)(NCS(=O)(=O)O)C(=O)N1CCN(C(C)(C)C)CC1. The number of nitrogens with zero attached hydrogens (tertiary/aromatic N) is 2. The van der Waals surface area contributed by atoms with E-state index in [0.717, 1.165) is 13.1 Å². The van der Waals surface area contributed by atoms with Gasteiger partial charge in [0.1, 0.15) is 5.88 Å². The van der Waals surface area contributed by atoms with Crippen LogP contribution in [0.4, 0.5) is 0 Å². The normalized spacial score (nSPS) is 18.9. The lowest BCUT2D eigenvalue weighted by Gasteiger charge is -2.44. The first-order valence-corrected chi connectivity index (χ1v) is 8.68. The highest BCUT2D eigenvalue weighted by molar-refractivity contribution is 7.85. The summed E-state index contributed by atoms with van der Waals surface area (Å²) in [7, 11) is -4.14. The molecule has 1 amide bonds. The van der Waals surface area contributed by atoms with Gasteiger partial charge in [0, 0.05) is 31.7 Å². The van der Waals surface area contributed by atoms with E-state index in [1.807, 2.05) is 0 Å². The van der Waals surface area contributed by atoms with Gasteiger partial charge in [0.15, 0.2) is 0 Å². The third kappa shape index (κ3) is 5.54. The first kappa shape index (κ1) is 18.3. The van der Waals surface area contributed by atoms with Crippen LogP contribution >= 0.6 is 0 Å². The summed E-state index contributed by atoms with van der Waals surface area (Å²) in [6, 6.07) is 0. The molecule has 1 fully saturated rings. The lowest BCUT2D eigenvalue weighted by molar-refractivity contribution is -0.139. The summed E-state index contributed by atoms with van der Waals surface area (Å²) in [6.07, 6.45) is 0. The molecule has 0 bridgehead atoms. The van der Waals surface area contributed by atoms with Gasteiger partial charge in [0.25, 0.3) is 10.1 Å². The smallest absolute Gasteiger partial charge is 0.278 e. The fourth-order valence-corrected chi connectivity index (χ4v) is 2.87. The number of nitrogens with one attached hydrogen (secondary N) is 1. The fourth-order valence-electron chi connectivity index (χ4n) is 2.32. The van der Waals surface area contributed by atoms with Crippen LogP contribution < -0.4 is 5.32 Å². The van der Waals surface area contributed by atoms with Crippen molar-refractivity contribution in [3.63, 3.8) is 0 Å². The van der Waals surface area contributed by atoms with Crippen molar-refractivity contribution in [2.45, 2.75) is 45.7 Å². The van der Waals surface area contributed by atoms with Crippen LogP contribution in [0.15, 0.2) is 0 Å². The van der Waals surface area contributed by atoms with Crippen molar-refractivity contribution in [1.29, 1.82) is 0 Å². The molecule has 1 heterocycles. The second-order valence-electron chi connectivity index (χ2n) is 6.98. The van der Waals surface area contributed by atoms with Crippen molar-refractivity contribution in [2.75, 3.05) is 32.1 Å². The van der Waals surface area contributed by atoms with Crippen molar-refractivity contribution in [1.82, 2.24) is 15.1 Å². The first-order chi connectivity index (χ1) is 9.33. The molecule has 0 radical (unpaired) electrons. The third-order valence-corrected chi connectivity index (χ3v) is 4.26. The van der Waals surface area contributed by atoms with Gasteiger partial charge in [0.05, 0.1) is 5.54 Å². The highest BCUT2D eigenvalue weighted by Crippen LogP contribution is 2.18. The average molecular weight is 321 g/mol. The van der Waals surface area contributed by atoms with E-state index in [9.17, 15) is 13.2 Å². The van der Waals surface area contributed by atoms with Gasteiger partial charge in [-0.3, -0.25) is 19.6 Å². The molecule has 21 heavy (non-hydrogen) atoms. The number of hydrogen-bond acceptors (Lipinski definition) is 5. The Labute approximate surface area is 127 Å². The molecule has 0 aromatic carbocycles. The quantitative estimate of drug-likeness (QED) is 0.716. The van der Waals surface area contributed by atoms with Crippen molar-refractivity contribution in [3.05, 3.63) is 0 Å². The van der Waals surface area contributed by atoms with Crippen LogP contribution in [0.2, 0.25) is 0 Å². The zero-order valence-electron chi connectivity index (χ0n) is 13.5. The number of carbonyl (C=O) groups is 1. The lowest BCUT2D eigenvalue weighted by Crippen LogP contribution is -2.61. The summed E-state index contributed by atoms with van der Waals surface area (Å²) in [5.41, 5.74) is -0.951. The van der Waals surface area contributed by atoms with Crippen LogP contribution in [0.1, 0.15) is 34.6 Å². The Bertz CT molecular complexity index is 474. The first-order valence-electron chi connectivity index (χ1n) is 7.07. The number of piperazine rings is 1. The van der Waals surface area contributed by atoms with E-state index in [0.29, 0.717) is 13.1 Å². The Hall–Kier alpha value is -0.700. The Morgan fingerprint density at radius 2 is 1.57 bits per heavy atom. The number of carbonyl (C=O) groups excluding carboxylic acids is 1. The summed E-state index contributed by atoms with van der Waals surface area (Å²) in [4.78, 5) is 16.5. The van der Waals surface area contributed by atoms with Gasteiger partial charge < -0.3 is 4.90 Å². The molecule has 0 unspecified atom stereocenters. The van der Waals surface area contributed by atoms with Crippen LogP contribution in [0.3, 0.4) is 0 Å². The summed E-state index contributed by atoms with van der Waals surface area (Å²) >= 11 is 0. The number of rotatable bonds is 4. The Morgan fingerprint density at radius 1 is 1.10 bits per heavy atom. The van der Waals surface area contributed by atoms with Gasteiger partial charge in [-0.15, -0.1) is 0 Å². The summed E-state index contributed by atoms with van der Waals surface area (Å²) in [6.45, 7) is 12.5. The molecule has 8 heteroatoms. The largest absolute Gasteiger partial charge is 0.339 e. The molecule has 124 valence electrons. The molecular formula is C13H27N3O4S. The fraction of sp³-hybridized carbons (Fsp3) is 0.923. The van der Waals surface area contributed by atoms with Crippen molar-refractivity contribution in [3.8, 4) is 0 Å². The van der Waals surface area contributed by atoms with Crippen LogP contribution in [-0.4, -0.2) is 71.8 Å². The predicted molar refractivity (Wildman–Crippen MR) is 81.5 cm³/mol. The van der Waals surface area contributed by atoms with E-state index < -0.39 is 21.5 Å². The summed E-state index contributed by atoms with van der Waals surface area (Å²) in [5, 5.41) is 2.59. The van der Waals surface area contributed by atoms with Crippen LogP contribution in [0, 0.1) is 0 Å². The van der Waals surface area contributed by atoms with Crippen LogP contribution in [0.25, 0.3) is 0 Å². The number of amides is 1. The van der Waals surface area contributed by atoms with Gasteiger partial charge in [-0.05, 0) is 34.6 Å². The lowest BCUT2D eigenvalue weighted by atomic mass is 10.0. The van der Waals surface area contributed by atoms with Crippen molar-refractivity contribution < 1.29 is 17.8 Å². The second-order valence-corrected chi connectivity index (χ2v) is 8.43. The average Bonchev–Trinajstić information content (AvgIpc) is 2.34. The van der Waals surface area contributed by atoms with Gasteiger partial charge in [-0.1, -0.05) is 0 Å². The van der Waals surface area contributed by atoms with Crippen molar-refractivity contribution >= 4 is 16.0 Å². The summed E-state index contributed by atoms with van der Waals surface area (Å²) < 4.78 is 30.4. The third-order valence-electron chi connectivity index (χ3n) is 3.75. The molecule has 1 rings (SSSR count). The Morgan fingerprint density at radius 3 is 1.95 bits per heavy atom. The maximum absolute atomic E-state index is 12.5. The van der Waals surface area contributed by atoms with E-state index in [2.05, 4.69) is 31.0 Å². The van der Waals surface area contributed by atoms with Gasteiger partial charge in [-0.25, -0.2) is 0 Å². The molecule has 7 nitrogen and oxygen atoms in total. The van der Waals surface area contributed by atoms with E-state index in [4.69, 9.17) is 4.55 Å². The van der Waals surface area contributed by atoms with Gasteiger partial charge >= 0.3 is 0 Å². The number of hydrogen-bond donors (Lipinski definition) is 2. The molecule has 1 saturated heterocycles. The van der Waals surface area contributed by atoms with Crippen LogP contribution in [-0.2, 0) is 14.9 Å². The highest BCUT2D eigenvalue weighted by Gasteiger charge is 2.35. The molecule has 0 aromatic heterocycles. The van der Waals surface area contributed by atoms with Crippen LogP contribution in [0.5, 0.6) is 0 Å². The van der Waals surface area contributed by atoms with Crippen molar-refractivity contribution in [2.24, 2.45) is 0 Å². The molecule has 2 N–H and O–H groups in total. The predicted octanol–water partition coefficient (Wildman–Crippen LogP) is 0.143. The molecule has 0 spiro atoms. The topological polar surface area (TPSA) is 89.9 Å². The molecule has 1 aliphatic heterocycles. The zero-order valence-corrected chi connectivity index (χ0v) is 14.3. The zero-order chi connectivity index (χ0) is 16.5. The summed E-state index contributed by atoms with van der Waals surface area (Å²) in [5.74, 6) is -0.784. The van der Waals surface area contributed by atoms with Gasteiger partial charge in [-0.2, -0.15) is 8.42 Å². The maximum atomic E-state index is 12.5. The minimum absolute atomic E-state index is 0.0773. The second kappa shape index (κ2) is 6.20. The van der Waals surface area contributed by atoms with E-state index in [-0.39, 0.29) is 11.4 Å².